The van der Waals surface area contributed by atoms with Crippen LogP contribution in [0.4, 0.5) is 0 Å². The Morgan fingerprint density at radius 2 is 0.905 bits per heavy atom. The lowest BCUT2D eigenvalue weighted by Gasteiger charge is -2.36. The first kappa shape index (κ1) is 31.8. The summed E-state index contributed by atoms with van der Waals surface area (Å²) in [5.41, 5.74) is 8.78. The lowest BCUT2D eigenvalue weighted by Crippen LogP contribution is -2.74. The Labute approximate surface area is 374 Å². The number of benzene rings is 10. The molecule has 10 aromatic carbocycles. The van der Waals surface area contributed by atoms with Gasteiger partial charge in [0.05, 0.1) is 23.6 Å². The first-order chi connectivity index (χ1) is 33.3. The van der Waals surface area contributed by atoms with E-state index in [0.717, 1.165) is 92.4 Å². The Bertz CT molecular complexity index is 3780. The van der Waals surface area contributed by atoms with Crippen molar-refractivity contribution in [1.29, 1.82) is 0 Å². The highest BCUT2D eigenvalue weighted by atomic mass is 28.3. The first-order valence-corrected chi connectivity index (χ1v) is 23.3. The maximum atomic E-state index is 9.67. The number of nitrogens with zero attached hydrogens (tertiary/aromatic N) is 1. The van der Waals surface area contributed by atoms with Gasteiger partial charge in [0, 0.05) is 32.7 Å². The number of para-hydroxylation sites is 2. The van der Waals surface area contributed by atoms with Gasteiger partial charge in [0.1, 0.15) is 11.2 Å². The van der Waals surface area contributed by atoms with Crippen LogP contribution in [0, 0.1) is 0 Å². The second kappa shape index (κ2) is 15.2. The van der Waals surface area contributed by atoms with E-state index in [-0.39, 0.29) is 29.7 Å². The van der Waals surface area contributed by atoms with Gasteiger partial charge in [-0.25, -0.2) is 0 Å². The highest BCUT2D eigenvalue weighted by Crippen LogP contribution is 2.43. The Hall–Kier alpha value is -7.98. The van der Waals surface area contributed by atoms with E-state index in [4.69, 9.17) is 8.53 Å². The van der Waals surface area contributed by atoms with E-state index in [0.29, 0.717) is 5.56 Å². The normalized spacial score (nSPS) is 12.9. The van der Waals surface area contributed by atoms with Gasteiger partial charge >= 0.3 is 0 Å². The molecular weight excluding hydrogens is 779 g/mol. The Kier molecular flexibility index (Phi) is 7.67. The van der Waals surface area contributed by atoms with Crippen LogP contribution in [-0.2, 0) is 0 Å². The predicted octanol–water partition coefficient (Wildman–Crippen LogP) is 13.1. The molecule has 12 aromatic rings. The van der Waals surface area contributed by atoms with Crippen LogP contribution in [-0.4, -0.2) is 12.6 Å². The maximum absolute atomic E-state index is 9.67. The molecule has 0 fully saturated rings. The predicted molar refractivity (Wildman–Crippen MR) is 268 cm³/mol. The molecular formula is C60H41NOSi. The van der Waals surface area contributed by atoms with E-state index >= 15 is 0 Å². The zero-order valence-electron chi connectivity index (χ0n) is 39.1. The van der Waals surface area contributed by atoms with Crippen LogP contribution in [0.5, 0.6) is 0 Å². The smallest absolute Gasteiger partial charge is 0.179 e. The van der Waals surface area contributed by atoms with Crippen LogP contribution >= 0.6 is 0 Å². The summed E-state index contributed by atoms with van der Waals surface area (Å²) in [7, 11) is -3.27. The van der Waals surface area contributed by atoms with E-state index in [1.54, 1.807) is 0 Å². The van der Waals surface area contributed by atoms with Crippen molar-refractivity contribution in [2.75, 3.05) is 0 Å². The van der Waals surface area contributed by atoms with E-state index in [2.05, 4.69) is 150 Å². The van der Waals surface area contributed by atoms with Crippen molar-refractivity contribution in [3.63, 3.8) is 0 Å². The molecule has 0 amide bonds. The number of hydrogen-bond acceptors (Lipinski definition) is 1. The van der Waals surface area contributed by atoms with Gasteiger partial charge in [0.25, 0.3) is 0 Å². The van der Waals surface area contributed by atoms with Gasteiger partial charge in [-0.2, -0.15) is 0 Å². The molecule has 0 unspecified atom stereocenters. The third-order valence-corrected chi connectivity index (χ3v) is 17.4. The fourth-order valence-corrected chi connectivity index (χ4v) is 14.8. The van der Waals surface area contributed by atoms with Crippen molar-refractivity contribution in [1.82, 2.24) is 4.57 Å². The van der Waals surface area contributed by atoms with Crippen molar-refractivity contribution >= 4 is 72.6 Å². The fraction of sp³-hybridized carbons (Fsp3) is 0. The van der Waals surface area contributed by atoms with Gasteiger partial charge in [-0.1, -0.05) is 218 Å². The van der Waals surface area contributed by atoms with E-state index < -0.39 is 14.1 Å². The summed E-state index contributed by atoms with van der Waals surface area (Å²) < 4.78 is 54.8. The van der Waals surface area contributed by atoms with Crippen LogP contribution < -0.4 is 20.7 Å². The summed E-state index contributed by atoms with van der Waals surface area (Å²) >= 11 is 0. The van der Waals surface area contributed by atoms with Gasteiger partial charge in [0.2, 0.25) is 0 Å². The van der Waals surface area contributed by atoms with Crippen LogP contribution in [0.3, 0.4) is 0 Å². The molecule has 296 valence electrons. The molecule has 63 heavy (non-hydrogen) atoms. The quantitative estimate of drug-likeness (QED) is 0.110. The Morgan fingerprint density at radius 3 is 1.57 bits per heavy atom. The average molecular weight is 825 g/mol. The minimum atomic E-state index is -3.27. The second-order valence-electron chi connectivity index (χ2n) is 16.0. The van der Waals surface area contributed by atoms with Crippen molar-refractivity contribution in [2.24, 2.45) is 0 Å². The summed E-state index contributed by atoms with van der Waals surface area (Å²) in [5.74, 6) is 0. The van der Waals surface area contributed by atoms with Crippen LogP contribution in [0.1, 0.15) is 6.85 Å². The SMILES string of the molecule is [2H]c1c([2H])c([2H])c(-c2cc([Si](c3ccccc3)(c3ccccc3)c3ccccc3)cc(-c3ccccc3)c2-n2c3ccccc3c3cc(-c4cccc5oc6ccccc6c45)ccc32)c([2H])c1[2H]. The topological polar surface area (TPSA) is 18.1 Å². The second-order valence-corrected chi connectivity index (χ2v) is 19.8. The Balaban J connectivity index is 1.26. The minimum absolute atomic E-state index is 0.142. The van der Waals surface area contributed by atoms with Crippen molar-refractivity contribution < 1.29 is 11.3 Å². The minimum Gasteiger partial charge on any atom is -0.456 e. The molecule has 0 aliphatic rings. The zero-order chi connectivity index (χ0) is 46.1. The Morgan fingerprint density at radius 1 is 0.365 bits per heavy atom. The summed E-state index contributed by atoms with van der Waals surface area (Å²) in [6.45, 7) is 0. The number of aromatic nitrogens is 1. The molecule has 0 bridgehead atoms. The van der Waals surface area contributed by atoms with Crippen LogP contribution in [0.15, 0.2) is 253 Å². The molecule has 3 heteroatoms. The standard InChI is InChI=1S/C60H41NOSi/c1-6-21-42(22-7-1)52-40-48(63(45-25-10-3-11-26-45,46-27-12-4-13-28-46)47-29-14-5-15-30-47)41-53(43-23-8-2-9-24-43)60(52)61-55-34-18-16-31-50(55)54-39-44(37-38-56(54)61)49-33-20-36-58-59(49)51-32-17-19-35-57(51)62-58/h1-41H/i1D,6D,7D,21D,22D. The van der Waals surface area contributed by atoms with Crippen molar-refractivity contribution in [2.45, 2.75) is 0 Å². The zero-order valence-corrected chi connectivity index (χ0v) is 35.1. The lowest BCUT2D eigenvalue weighted by atomic mass is 9.95. The van der Waals surface area contributed by atoms with Crippen molar-refractivity contribution in [3.05, 3.63) is 249 Å². The van der Waals surface area contributed by atoms with E-state index in [1.807, 2.05) is 72.8 Å². The fourth-order valence-electron chi connectivity index (χ4n) is 9.97. The monoisotopic (exact) mass is 824 g/mol. The number of hydrogen-bond donors (Lipinski definition) is 0. The maximum Gasteiger partial charge on any atom is 0.179 e. The van der Waals surface area contributed by atoms with Gasteiger partial charge < -0.3 is 8.98 Å². The summed E-state index contributed by atoms with van der Waals surface area (Å²) in [4.78, 5) is 0. The van der Waals surface area contributed by atoms with Gasteiger partial charge in [-0.3, -0.25) is 0 Å². The molecule has 0 saturated carbocycles. The van der Waals surface area contributed by atoms with E-state index in [9.17, 15) is 2.74 Å². The molecule has 2 heterocycles. The third kappa shape index (κ3) is 5.93. The molecule has 2 aromatic heterocycles. The summed E-state index contributed by atoms with van der Waals surface area (Å²) in [5, 5.41) is 8.61. The van der Waals surface area contributed by atoms with Gasteiger partial charge in [-0.15, -0.1) is 0 Å². The summed E-state index contributed by atoms with van der Waals surface area (Å²) in [6.07, 6.45) is 0. The van der Waals surface area contributed by atoms with Gasteiger partial charge in [-0.05, 0) is 73.3 Å². The molecule has 12 rings (SSSR count). The van der Waals surface area contributed by atoms with E-state index in [1.165, 1.54) is 0 Å². The van der Waals surface area contributed by atoms with Crippen LogP contribution in [0.25, 0.3) is 82.8 Å². The highest BCUT2D eigenvalue weighted by molar-refractivity contribution is 7.20. The molecule has 0 aliphatic carbocycles. The molecule has 2 nitrogen and oxygen atoms in total. The number of furan rings is 1. The molecule has 0 spiro atoms. The molecule has 0 aliphatic heterocycles. The largest absolute Gasteiger partial charge is 0.456 e. The lowest BCUT2D eigenvalue weighted by molar-refractivity contribution is 0.669. The number of fused-ring (bicyclic) bond motifs is 6. The highest BCUT2D eigenvalue weighted by Gasteiger charge is 2.42. The molecule has 0 saturated heterocycles. The van der Waals surface area contributed by atoms with Crippen molar-refractivity contribution in [3.8, 4) is 39.1 Å². The van der Waals surface area contributed by atoms with Crippen LogP contribution in [0.2, 0.25) is 0 Å². The average Bonchev–Trinajstić information content (AvgIpc) is 3.94. The summed E-state index contributed by atoms with van der Waals surface area (Å²) in [6, 6.07) is 74.2. The molecule has 0 N–H and O–H groups in total. The first-order valence-electron chi connectivity index (χ1n) is 23.8. The molecule has 0 radical (unpaired) electrons. The van der Waals surface area contributed by atoms with Gasteiger partial charge in [0.15, 0.2) is 8.07 Å². The number of rotatable bonds is 8. The third-order valence-electron chi connectivity index (χ3n) is 12.6. The molecule has 0 atom stereocenters.